The lowest BCUT2D eigenvalue weighted by Gasteiger charge is -2.39. The Balaban J connectivity index is 1.51. The van der Waals surface area contributed by atoms with Crippen LogP contribution in [0.2, 0.25) is 0 Å². The van der Waals surface area contributed by atoms with Gasteiger partial charge in [0.15, 0.2) is 5.96 Å². The molecular weight excluding hydrogens is 324 g/mol. The second-order valence-electron chi connectivity index (χ2n) is 7.94. The van der Waals surface area contributed by atoms with Gasteiger partial charge in [-0.3, -0.25) is 9.89 Å². The smallest absolute Gasteiger partial charge is 0.191 e. The minimum atomic E-state index is -0.561. The quantitative estimate of drug-likeness (QED) is 0.540. The lowest BCUT2D eigenvalue weighted by atomic mass is 9.80. The summed E-state index contributed by atoms with van der Waals surface area (Å²) >= 11 is 0. The van der Waals surface area contributed by atoms with Gasteiger partial charge in [0.25, 0.3) is 0 Å². The molecule has 3 rings (SSSR count). The van der Waals surface area contributed by atoms with Crippen molar-refractivity contribution < 1.29 is 5.11 Å². The van der Waals surface area contributed by atoms with Gasteiger partial charge in [-0.25, -0.2) is 0 Å². The molecule has 1 aliphatic heterocycles. The standard InChI is InChI=1S/C21H34N4O/c1-3-22-20(23-16-21(26)11-7-12-21)24-19-10-13-25(17(2)14-19)15-18-8-5-4-6-9-18/h4-6,8-9,17,19,26H,3,7,10-16H2,1-2H3,(H2,22,23,24). The molecule has 1 heterocycles. The van der Waals surface area contributed by atoms with Crippen LogP contribution in [0.25, 0.3) is 0 Å². The highest BCUT2D eigenvalue weighted by Crippen LogP contribution is 2.31. The number of likely N-dealkylation sites (tertiary alicyclic amines) is 1. The first-order valence-electron chi connectivity index (χ1n) is 10.1. The largest absolute Gasteiger partial charge is 0.388 e. The zero-order valence-electron chi connectivity index (χ0n) is 16.2. The Morgan fingerprint density at radius 3 is 2.69 bits per heavy atom. The van der Waals surface area contributed by atoms with E-state index in [9.17, 15) is 5.11 Å². The molecule has 0 bridgehead atoms. The van der Waals surface area contributed by atoms with Crippen molar-refractivity contribution >= 4 is 5.96 Å². The summed E-state index contributed by atoms with van der Waals surface area (Å²) in [7, 11) is 0. The van der Waals surface area contributed by atoms with Gasteiger partial charge in [0.05, 0.1) is 12.1 Å². The lowest BCUT2D eigenvalue weighted by Crippen LogP contribution is -2.51. The van der Waals surface area contributed by atoms with E-state index in [-0.39, 0.29) is 0 Å². The van der Waals surface area contributed by atoms with E-state index in [2.05, 4.69) is 64.7 Å². The average molecular weight is 359 g/mol. The summed E-state index contributed by atoms with van der Waals surface area (Å²) in [5.41, 5.74) is 0.823. The van der Waals surface area contributed by atoms with Gasteiger partial charge in [0.1, 0.15) is 0 Å². The molecule has 2 aliphatic rings. The van der Waals surface area contributed by atoms with Crippen LogP contribution >= 0.6 is 0 Å². The van der Waals surface area contributed by atoms with Crippen molar-refractivity contribution in [2.45, 2.75) is 70.2 Å². The molecule has 5 heteroatoms. The molecule has 1 saturated heterocycles. The summed E-state index contributed by atoms with van der Waals surface area (Å²) in [6.45, 7) is 7.86. The molecule has 1 aromatic rings. The first-order valence-corrected chi connectivity index (χ1v) is 10.1. The van der Waals surface area contributed by atoms with Gasteiger partial charge >= 0.3 is 0 Å². The van der Waals surface area contributed by atoms with Crippen LogP contribution in [-0.2, 0) is 6.54 Å². The topological polar surface area (TPSA) is 59.9 Å². The van der Waals surface area contributed by atoms with Crippen LogP contribution in [0, 0.1) is 0 Å². The number of nitrogens with zero attached hydrogens (tertiary/aromatic N) is 2. The van der Waals surface area contributed by atoms with Crippen molar-refractivity contribution in [1.82, 2.24) is 15.5 Å². The lowest BCUT2D eigenvalue weighted by molar-refractivity contribution is -0.0236. The number of guanidine groups is 1. The molecule has 2 fully saturated rings. The van der Waals surface area contributed by atoms with E-state index in [4.69, 9.17) is 0 Å². The molecule has 26 heavy (non-hydrogen) atoms. The third-order valence-electron chi connectivity index (χ3n) is 5.74. The maximum absolute atomic E-state index is 10.3. The Kier molecular flexibility index (Phi) is 6.54. The molecule has 2 atom stereocenters. The average Bonchev–Trinajstić information content (AvgIpc) is 2.61. The molecule has 0 amide bonds. The van der Waals surface area contributed by atoms with Gasteiger partial charge in [-0.15, -0.1) is 0 Å². The van der Waals surface area contributed by atoms with Crippen molar-refractivity contribution in [3.8, 4) is 0 Å². The summed E-state index contributed by atoms with van der Waals surface area (Å²) in [6.07, 6.45) is 5.11. The number of aliphatic imine (C=N–C) groups is 1. The molecule has 0 radical (unpaired) electrons. The van der Waals surface area contributed by atoms with Gasteiger partial charge in [0.2, 0.25) is 0 Å². The van der Waals surface area contributed by atoms with Gasteiger partial charge < -0.3 is 15.7 Å². The molecule has 0 aromatic heterocycles. The van der Waals surface area contributed by atoms with E-state index >= 15 is 0 Å². The first-order chi connectivity index (χ1) is 12.6. The normalized spacial score (nSPS) is 26.2. The van der Waals surface area contributed by atoms with Crippen molar-refractivity contribution in [3.63, 3.8) is 0 Å². The molecule has 2 unspecified atom stereocenters. The summed E-state index contributed by atoms with van der Waals surface area (Å²) in [5.74, 6) is 0.849. The monoisotopic (exact) mass is 358 g/mol. The Hall–Kier alpha value is -1.59. The molecule has 0 spiro atoms. The summed E-state index contributed by atoms with van der Waals surface area (Å²) in [6, 6.07) is 11.7. The second kappa shape index (κ2) is 8.87. The van der Waals surface area contributed by atoms with Crippen LogP contribution in [0.5, 0.6) is 0 Å². The summed E-state index contributed by atoms with van der Waals surface area (Å²) < 4.78 is 0. The Morgan fingerprint density at radius 2 is 2.08 bits per heavy atom. The van der Waals surface area contributed by atoms with E-state index in [1.165, 1.54) is 5.56 Å². The highest BCUT2D eigenvalue weighted by molar-refractivity contribution is 5.80. The summed E-state index contributed by atoms with van der Waals surface area (Å²) in [4.78, 5) is 7.21. The van der Waals surface area contributed by atoms with Crippen LogP contribution in [0.4, 0.5) is 0 Å². The maximum Gasteiger partial charge on any atom is 0.191 e. The van der Waals surface area contributed by atoms with E-state index < -0.39 is 5.60 Å². The zero-order valence-corrected chi connectivity index (χ0v) is 16.2. The van der Waals surface area contributed by atoms with E-state index in [1.807, 2.05) is 0 Å². The molecule has 1 aromatic carbocycles. The first kappa shape index (κ1) is 19.2. The molecule has 144 valence electrons. The van der Waals surface area contributed by atoms with Crippen molar-refractivity contribution in [3.05, 3.63) is 35.9 Å². The maximum atomic E-state index is 10.3. The number of piperidine rings is 1. The van der Waals surface area contributed by atoms with Crippen molar-refractivity contribution in [1.29, 1.82) is 0 Å². The van der Waals surface area contributed by atoms with Crippen LogP contribution in [0.3, 0.4) is 0 Å². The van der Waals surface area contributed by atoms with Crippen LogP contribution in [0.1, 0.15) is 51.5 Å². The van der Waals surface area contributed by atoms with Crippen molar-refractivity contribution in [2.75, 3.05) is 19.6 Å². The van der Waals surface area contributed by atoms with E-state index in [1.54, 1.807) is 0 Å². The van der Waals surface area contributed by atoms with Gasteiger partial charge in [-0.1, -0.05) is 30.3 Å². The number of hydrogen-bond acceptors (Lipinski definition) is 3. The van der Waals surface area contributed by atoms with Gasteiger partial charge in [-0.05, 0) is 51.5 Å². The number of benzene rings is 1. The van der Waals surface area contributed by atoms with Crippen LogP contribution in [-0.4, -0.2) is 53.3 Å². The molecule has 1 saturated carbocycles. The molecule has 1 aliphatic carbocycles. The highest BCUT2D eigenvalue weighted by atomic mass is 16.3. The molecular formula is C21H34N4O. The number of aliphatic hydroxyl groups is 1. The second-order valence-corrected chi connectivity index (χ2v) is 7.94. The Labute approximate surface area is 157 Å². The Bertz CT molecular complexity index is 585. The van der Waals surface area contributed by atoms with Gasteiger partial charge in [0, 0.05) is 31.7 Å². The zero-order chi connectivity index (χ0) is 18.4. The molecule has 5 nitrogen and oxygen atoms in total. The predicted octanol–water partition coefficient (Wildman–Crippen LogP) is 2.51. The van der Waals surface area contributed by atoms with E-state index in [0.29, 0.717) is 18.6 Å². The fourth-order valence-electron chi connectivity index (χ4n) is 3.89. The SMILES string of the molecule is CCNC(=NCC1(O)CCC1)NC1CCN(Cc2ccccc2)C(C)C1. The van der Waals surface area contributed by atoms with E-state index in [0.717, 1.165) is 57.7 Å². The number of nitrogens with one attached hydrogen (secondary N) is 2. The highest BCUT2D eigenvalue weighted by Gasteiger charge is 2.34. The third-order valence-corrected chi connectivity index (χ3v) is 5.74. The predicted molar refractivity (Wildman–Crippen MR) is 107 cm³/mol. The minimum Gasteiger partial charge on any atom is -0.388 e. The minimum absolute atomic E-state index is 0.436. The summed E-state index contributed by atoms with van der Waals surface area (Å²) in [5, 5.41) is 17.2. The van der Waals surface area contributed by atoms with Crippen LogP contribution in [0.15, 0.2) is 35.3 Å². The van der Waals surface area contributed by atoms with Crippen LogP contribution < -0.4 is 10.6 Å². The fraction of sp³-hybridized carbons (Fsp3) is 0.667. The Morgan fingerprint density at radius 1 is 1.31 bits per heavy atom. The fourth-order valence-corrected chi connectivity index (χ4v) is 3.89. The van der Waals surface area contributed by atoms with Gasteiger partial charge in [-0.2, -0.15) is 0 Å². The van der Waals surface area contributed by atoms with Crippen molar-refractivity contribution in [2.24, 2.45) is 4.99 Å². The molecule has 3 N–H and O–H groups in total. The third kappa shape index (κ3) is 5.21. The number of hydrogen-bond donors (Lipinski definition) is 3. The number of rotatable bonds is 6.